The maximum Gasteiger partial charge on any atom is 0.417 e. The molecule has 2 aromatic carbocycles. The van der Waals surface area contributed by atoms with Crippen LogP contribution < -0.4 is 4.74 Å². The summed E-state index contributed by atoms with van der Waals surface area (Å²) < 4.78 is 75.0. The third-order valence-electron chi connectivity index (χ3n) is 9.61. The lowest BCUT2D eigenvalue weighted by atomic mass is 9.73. The number of aromatic amines is 1. The van der Waals surface area contributed by atoms with Gasteiger partial charge in [-0.05, 0) is 103 Å². The Kier molecular flexibility index (Phi) is 7.22. The van der Waals surface area contributed by atoms with Gasteiger partial charge in [0.05, 0.1) is 22.2 Å². The van der Waals surface area contributed by atoms with Crippen molar-refractivity contribution in [3.63, 3.8) is 0 Å². The smallest absolute Gasteiger partial charge is 0.417 e. The second-order valence-corrected chi connectivity index (χ2v) is 12.5. The van der Waals surface area contributed by atoms with E-state index < -0.39 is 23.9 Å². The Labute approximate surface area is 252 Å². The number of aromatic nitrogens is 3. The van der Waals surface area contributed by atoms with Gasteiger partial charge in [0, 0.05) is 24.7 Å². The third kappa shape index (κ3) is 5.38. The van der Waals surface area contributed by atoms with Crippen LogP contribution in [0.5, 0.6) is 5.75 Å². The van der Waals surface area contributed by atoms with Crippen LogP contribution in [-0.4, -0.2) is 52.5 Å². The van der Waals surface area contributed by atoms with Crippen LogP contribution in [0.1, 0.15) is 60.1 Å². The van der Waals surface area contributed by atoms with Crippen LogP contribution in [0.2, 0.25) is 0 Å². The first-order valence-corrected chi connectivity index (χ1v) is 15.1. The number of likely N-dealkylation sites (tertiary alicyclic amines) is 1. The Morgan fingerprint density at radius 3 is 2.48 bits per heavy atom. The Morgan fingerprint density at radius 2 is 1.84 bits per heavy atom. The van der Waals surface area contributed by atoms with Crippen molar-refractivity contribution >= 4 is 22.0 Å². The lowest BCUT2D eigenvalue weighted by Crippen LogP contribution is -2.26. The predicted octanol–water partition coefficient (Wildman–Crippen LogP) is 8.00. The summed E-state index contributed by atoms with van der Waals surface area (Å²) in [5.74, 6) is 0.224. The lowest BCUT2D eigenvalue weighted by Gasteiger charge is -2.32. The minimum Gasteiger partial charge on any atom is -0.492 e. The lowest BCUT2D eigenvalue weighted by molar-refractivity contribution is -0.137. The summed E-state index contributed by atoms with van der Waals surface area (Å²) in [4.78, 5) is 6.64. The van der Waals surface area contributed by atoms with Crippen molar-refractivity contribution < 1.29 is 26.7 Å². The molecule has 44 heavy (non-hydrogen) atoms. The zero-order valence-corrected chi connectivity index (χ0v) is 24.4. The minimum absolute atomic E-state index is 0.0906. The molecule has 3 aliphatic rings. The molecule has 2 aliphatic carbocycles. The third-order valence-corrected chi connectivity index (χ3v) is 9.61. The maximum atomic E-state index is 14.6. The molecule has 7 rings (SSSR count). The van der Waals surface area contributed by atoms with Crippen LogP contribution in [0.25, 0.3) is 22.0 Å². The first kappa shape index (κ1) is 29.0. The molecule has 2 aromatic heterocycles. The second kappa shape index (κ2) is 11.0. The van der Waals surface area contributed by atoms with Gasteiger partial charge in [0.2, 0.25) is 5.95 Å². The molecule has 1 N–H and O–H groups in total. The van der Waals surface area contributed by atoms with E-state index in [-0.39, 0.29) is 11.3 Å². The fraction of sp³-hybridized carbons (Fsp3) is 0.412. The number of fused-ring (bicyclic) bond motifs is 1. The number of aryl methyl sites for hydroxylation is 1. The van der Waals surface area contributed by atoms with E-state index in [0.29, 0.717) is 40.9 Å². The number of benzene rings is 2. The number of pyridine rings is 1. The average molecular weight is 609 g/mol. The first-order valence-electron chi connectivity index (χ1n) is 15.1. The first-order chi connectivity index (χ1) is 21.1. The van der Waals surface area contributed by atoms with Crippen molar-refractivity contribution in [2.24, 2.45) is 11.3 Å². The van der Waals surface area contributed by atoms with Crippen LogP contribution in [-0.2, 0) is 6.18 Å². The van der Waals surface area contributed by atoms with Gasteiger partial charge in [-0.2, -0.15) is 22.7 Å². The molecular weight excluding hydrogens is 575 g/mol. The van der Waals surface area contributed by atoms with Gasteiger partial charge in [-0.25, -0.2) is 4.39 Å². The largest absolute Gasteiger partial charge is 0.492 e. The molecule has 3 heterocycles. The van der Waals surface area contributed by atoms with Gasteiger partial charge in [-0.15, -0.1) is 0 Å². The van der Waals surface area contributed by atoms with Crippen LogP contribution in [0, 0.1) is 24.2 Å². The monoisotopic (exact) mass is 608 g/mol. The summed E-state index contributed by atoms with van der Waals surface area (Å²) >= 11 is 0. The highest BCUT2D eigenvalue weighted by Gasteiger charge is 2.58. The molecule has 1 saturated heterocycles. The summed E-state index contributed by atoms with van der Waals surface area (Å²) in [7, 11) is 0. The molecular formula is C34H33F5N4O. The number of allylic oxidation sites excluding steroid dienone is 1. The molecule has 2 atom stereocenters. The molecule has 1 spiro atoms. The van der Waals surface area contributed by atoms with E-state index in [9.17, 15) is 22.0 Å². The second-order valence-electron chi connectivity index (χ2n) is 12.5. The minimum atomic E-state index is -4.50. The molecule has 0 radical (unpaired) electrons. The van der Waals surface area contributed by atoms with Crippen molar-refractivity contribution in [2.45, 2.75) is 51.4 Å². The summed E-state index contributed by atoms with van der Waals surface area (Å²) in [5, 5.41) is 6.73. The van der Waals surface area contributed by atoms with Crippen molar-refractivity contribution in [2.75, 3.05) is 26.2 Å². The van der Waals surface area contributed by atoms with E-state index >= 15 is 0 Å². The molecule has 0 amide bonds. The number of halogens is 5. The highest BCUT2D eigenvalue weighted by molar-refractivity contribution is 6.01. The van der Waals surface area contributed by atoms with Gasteiger partial charge >= 0.3 is 6.18 Å². The summed E-state index contributed by atoms with van der Waals surface area (Å²) in [6.07, 6.45) is 0.0798. The molecule has 0 bridgehead atoms. The van der Waals surface area contributed by atoms with E-state index in [2.05, 4.69) is 20.1 Å². The number of hydrogen-bond acceptors (Lipinski definition) is 4. The predicted molar refractivity (Wildman–Crippen MR) is 158 cm³/mol. The van der Waals surface area contributed by atoms with Crippen molar-refractivity contribution in [3.8, 4) is 5.75 Å². The fourth-order valence-electron chi connectivity index (χ4n) is 6.74. The average Bonchev–Trinajstić information content (AvgIpc) is 3.24. The van der Waals surface area contributed by atoms with E-state index in [1.54, 1.807) is 19.1 Å². The van der Waals surface area contributed by atoms with Gasteiger partial charge in [0.1, 0.15) is 18.5 Å². The fourth-order valence-corrected chi connectivity index (χ4v) is 6.74. The van der Waals surface area contributed by atoms with E-state index in [1.165, 1.54) is 0 Å². The highest BCUT2D eigenvalue weighted by Crippen LogP contribution is 2.55. The van der Waals surface area contributed by atoms with Crippen molar-refractivity contribution in [1.29, 1.82) is 0 Å². The van der Waals surface area contributed by atoms with Gasteiger partial charge in [-0.3, -0.25) is 15.0 Å². The number of ether oxygens (including phenoxy) is 1. The molecule has 1 aliphatic heterocycles. The summed E-state index contributed by atoms with van der Waals surface area (Å²) in [6, 6.07) is 14.1. The maximum absolute atomic E-state index is 14.6. The van der Waals surface area contributed by atoms with Crippen LogP contribution in [0.3, 0.4) is 0 Å². The number of H-pyrrole nitrogens is 1. The van der Waals surface area contributed by atoms with Gasteiger partial charge < -0.3 is 4.74 Å². The highest BCUT2D eigenvalue weighted by atomic mass is 19.4. The number of rotatable bonds is 8. The molecule has 2 unspecified atom stereocenters. The molecule has 3 fully saturated rings. The molecule has 230 valence electrons. The van der Waals surface area contributed by atoms with Gasteiger partial charge in [-0.1, -0.05) is 24.6 Å². The van der Waals surface area contributed by atoms with Crippen molar-refractivity contribution in [3.05, 3.63) is 88.6 Å². The van der Waals surface area contributed by atoms with Crippen LogP contribution in [0.15, 0.2) is 54.7 Å². The Balaban J connectivity index is 1.24. The molecule has 10 heteroatoms. The summed E-state index contributed by atoms with van der Waals surface area (Å²) in [5.41, 5.74) is 3.73. The van der Waals surface area contributed by atoms with Crippen LogP contribution >= 0.6 is 0 Å². The zero-order chi connectivity index (χ0) is 30.6. The topological polar surface area (TPSA) is 54.0 Å². The van der Waals surface area contributed by atoms with E-state index in [0.717, 1.165) is 79.9 Å². The summed E-state index contributed by atoms with van der Waals surface area (Å²) in [6.45, 7) is 4.53. The van der Waals surface area contributed by atoms with Crippen molar-refractivity contribution in [1.82, 2.24) is 20.1 Å². The Bertz CT molecular complexity index is 1730. The van der Waals surface area contributed by atoms with Gasteiger partial charge in [0.25, 0.3) is 0 Å². The van der Waals surface area contributed by atoms with Crippen LogP contribution in [0.4, 0.5) is 22.0 Å². The quantitative estimate of drug-likeness (QED) is 0.206. The molecule has 2 saturated carbocycles. The molecule has 4 aromatic rings. The van der Waals surface area contributed by atoms with E-state index in [4.69, 9.17) is 4.74 Å². The van der Waals surface area contributed by atoms with Gasteiger partial charge in [0.15, 0.2) is 0 Å². The molecule has 5 nitrogen and oxygen atoms in total. The number of alkyl halides is 4. The number of nitrogens with zero attached hydrogens (tertiary/aromatic N) is 3. The zero-order valence-electron chi connectivity index (χ0n) is 24.4. The Morgan fingerprint density at radius 1 is 1.09 bits per heavy atom. The Hall–Kier alpha value is -3.79. The van der Waals surface area contributed by atoms with E-state index in [1.807, 2.05) is 30.3 Å². The normalized spacial score (nSPS) is 22.8. The SMILES string of the molecule is Cc1cc(C(F)(F)F)cnc1/C(=C(\c1ccc(OCCN2CCC3(CC3F)C2)cc1)c1ccc2n[nH]c(F)c2c1)C1CCC1. The number of hydrogen-bond donors (Lipinski definition) is 1. The number of nitrogens with one attached hydrogen (secondary N) is 1. The standard InChI is InChI=1S/C34H33F5N4O/c1-20-15-24(34(37,38)39)18-40-31(20)30(21-3-2-4-21)29(23-7-10-27-26(16-23)32(36)42-41-27)22-5-8-25(9-6-22)44-14-13-43-12-11-33(19-43)17-28(33)35/h5-10,15-16,18,21,28H,2-4,11-14,17,19H2,1H3,(H,41,42)/b30-29+.